The molecule has 1 atom stereocenters. The number of amides is 4. The van der Waals surface area contributed by atoms with Gasteiger partial charge in [-0.25, -0.2) is 4.79 Å². The van der Waals surface area contributed by atoms with Crippen molar-refractivity contribution < 1.29 is 14.4 Å². The van der Waals surface area contributed by atoms with Crippen molar-refractivity contribution in [3.63, 3.8) is 0 Å². The Bertz CT molecular complexity index is 1050. The molecule has 1 fully saturated rings. The van der Waals surface area contributed by atoms with Crippen LogP contribution in [0.3, 0.4) is 0 Å². The van der Waals surface area contributed by atoms with Crippen molar-refractivity contribution in [3.8, 4) is 0 Å². The molecule has 0 saturated carbocycles. The maximum atomic E-state index is 12.5. The minimum atomic E-state index is -0.650. The largest absolute Gasteiger partial charge is 0.325 e. The van der Waals surface area contributed by atoms with E-state index in [0.717, 1.165) is 21.2 Å². The van der Waals surface area contributed by atoms with E-state index in [2.05, 4.69) is 10.6 Å². The highest BCUT2D eigenvalue weighted by molar-refractivity contribution is 6.08. The maximum Gasteiger partial charge on any atom is 0.325 e. The molecule has 0 aromatic heterocycles. The molecule has 3 aromatic carbocycles. The van der Waals surface area contributed by atoms with Crippen molar-refractivity contribution in [3.05, 3.63) is 78.4 Å². The third-order valence-electron chi connectivity index (χ3n) is 4.72. The Morgan fingerprint density at radius 1 is 0.929 bits per heavy atom. The molecule has 0 spiro atoms. The van der Waals surface area contributed by atoms with Crippen molar-refractivity contribution in [2.24, 2.45) is 0 Å². The van der Waals surface area contributed by atoms with Crippen molar-refractivity contribution in [2.45, 2.75) is 12.5 Å². The summed E-state index contributed by atoms with van der Waals surface area (Å²) in [6.45, 7) is -0.317. The lowest BCUT2D eigenvalue weighted by molar-refractivity contribution is -0.130. The molecule has 0 radical (unpaired) electrons. The maximum absolute atomic E-state index is 12.5. The van der Waals surface area contributed by atoms with Gasteiger partial charge in [-0.1, -0.05) is 60.7 Å². The van der Waals surface area contributed by atoms with E-state index in [-0.39, 0.29) is 12.5 Å². The third kappa shape index (κ3) is 3.71. The second-order valence-corrected chi connectivity index (χ2v) is 6.73. The number of hydrogen-bond acceptors (Lipinski definition) is 3. The number of benzene rings is 3. The van der Waals surface area contributed by atoms with Crippen LogP contribution >= 0.6 is 0 Å². The van der Waals surface area contributed by atoms with Crippen LogP contribution in [0.25, 0.3) is 10.8 Å². The van der Waals surface area contributed by atoms with Gasteiger partial charge in [0.1, 0.15) is 12.6 Å². The number of urea groups is 1. The molecule has 4 rings (SSSR count). The smallest absolute Gasteiger partial charge is 0.325 e. The van der Waals surface area contributed by atoms with Crippen molar-refractivity contribution in [1.29, 1.82) is 0 Å². The fourth-order valence-corrected chi connectivity index (χ4v) is 3.33. The zero-order valence-electron chi connectivity index (χ0n) is 15.1. The van der Waals surface area contributed by atoms with Crippen LogP contribution in [0.2, 0.25) is 0 Å². The van der Waals surface area contributed by atoms with Gasteiger partial charge < -0.3 is 10.6 Å². The summed E-state index contributed by atoms with van der Waals surface area (Å²) in [6.07, 6.45) is 0.397. The molecule has 1 heterocycles. The molecule has 140 valence electrons. The summed E-state index contributed by atoms with van der Waals surface area (Å²) in [5.41, 5.74) is 1.57. The number of nitrogens with one attached hydrogen (secondary N) is 2. The number of fused-ring (bicyclic) bond motifs is 1. The highest BCUT2D eigenvalue weighted by Crippen LogP contribution is 2.19. The summed E-state index contributed by atoms with van der Waals surface area (Å²) in [5.74, 6) is -0.804. The zero-order chi connectivity index (χ0) is 19.5. The van der Waals surface area contributed by atoms with Crippen molar-refractivity contribution in [2.75, 3.05) is 11.9 Å². The van der Waals surface area contributed by atoms with Crippen LogP contribution in [0, 0.1) is 0 Å². The molecule has 3 aromatic rings. The highest BCUT2D eigenvalue weighted by Gasteiger charge is 2.38. The van der Waals surface area contributed by atoms with Gasteiger partial charge in [0.2, 0.25) is 5.91 Å². The summed E-state index contributed by atoms with van der Waals surface area (Å²) in [4.78, 5) is 38.0. The molecule has 2 N–H and O–H groups in total. The van der Waals surface area contributed by atoms with Gasteiger partial charge in [0.05, 0.1) is 0 Å². The molecule has 6 nitrogen and oxygen atoms in total. The van der Waals surface area contributed by atoms with Gasteiger partial charge in [-0.15, -0.1) is 0 Å². The van der Waals surface area contributed by atoms with E-state index in [1.54, 1.807) is 6.07 Å². The second-order valence-electron chi connectivity index (χ2n) is 6.73. The molecule has 1 aliphatic heterocycles. The lowest BCUT2D eigenvalue weighted by atomic mass is 10.1. The monoisotopic (exact) mass is 373 g/mol. The van der Waals surface area contributed by atoms with Gasteiger partial charge >= 0.3 is 6.03 Å². The summed E-state index contributed by atoms with van der Waals surface area (Å²) < 4.78 is 0. The normalized spacial score (nSPS) is 16.3. The van der Waals surface area contributed by atoms with Gasteiger partial charge in [0, 0.05) is 12.1 Å². The van der Waals surface area contributed by atoms with Crippen molar-refractivity contribution >= 4 is 34.3 Å². The van der Waals surface area contributed by atoms with Gasteiger partial charge in [-0.2, -0.15) is 0 Å². The molecule has 4 amide bonds. The van der Waals surface area contributed by atoms with Crippen LogP contribution in [0.1, 0.15) is 5.56 Å². The molecular weight excluding hydrogens is 354 g/mol. The SMILES string of the molecule is O=C(CN1C(=O)NC(Cc2ccccc2)C1=O)Nc1ccc2ccccc2c1. The average molecular weight is 373 g/mol. The van der Waals surface area contributed by atoms with Gasteiger partial charge in [-0.05, 0) is 28.5 Å². The quantitative estimate of drug-likeness (QED) is 0.675. The van der Waals surface area contributed by atoms with Gasteiger partial charge in [0.15, 0.2) is 0 Å². The van der Waals surface area contributed by atoms with E-state index in [9.17, 15) is 14.4 Å². The van der Waals surface area contributed by atoms with E-state index >= 15 is 0 Å². The Balaban J connectivity index is 1.40. The van der Waals surface area contributed by atoms with E-state index in [1.165, 1.54) is 0 Å². The molecule has 1 aliphatic rings. The Morgan fingerprint density at radius 2 is 1.64 bits per heavy atom. The lowest BCUT2D eigenvalue weighted by Gasteiger charge is -2.13. The van der Waals surface area contributed by atoms with E-state index in [4.69, 9.17) is 0 Å². The summed E-state index contributed by atoms with van der Waals surface area (Å²) in [6, 6.07) is 21.6. The van der Waals surface area contributed by atoms with Gasteiger partial charge in [0.25, 0.3) is 5.91 Å². The summed E-state index contributed by atoms with van der Waals surface area (Å²) >= 11 is 0. The minimum Gasteiger partial charge on any atom is -0.325 e. The number of anilines is 1. The highest BCUT2D eigenvalue weighted by atomic mass is 16.2. The Hall–Kier alpha value is -3.67. The van der Waals surface area contributed by atoms with Crippen LogP contribution in [0.5, 0.6) is 0 Å². The van der Waals surface area contributed by atoms with E-state index in [1.807, 2.05) is 66.7 Å². The molecule has 28 heavy (non-hydrogen) atoms. The minimum absolute atomic E-state index is 0.317. The van der Waals surface area contributed by atoms with Crippen LogP contribution in [-0.2, 0) is 16.0 Å². The molecule has 1 saturated heterocycles. The third-order valence-corrected chi connectivity index (χ3v) is 4.72. The molecule has 0 aliphatic carbocycles. The fraction of sp³-hybridized carbons (Fsp3) is 0.136. The fourth-order valence-electron chi connectivity index (χ4n) is 3.33. The van der Waals surface area contributed by atoms with Crippen molar-refractivity contribution in [1.82, 2.24) is 10.2 Å². The van der Waals surface area contributed by atoms with E-state index in [0.29, 0.717) is 12.1 Å². The van der Waals surface area contributed by atoms with Crippen LogP contribution < -0.4 is 10.6 Å². The zero-order valence-corrected chi connectivity index (χ0v) is 15.1. The topological polar surface area (TPSA) is 78.5 Å². The lowest BCUT2D eigenvalue weighted by Crippen LogP contribution is -2.38. The Morgan fingerprint density at radius 3 is 2.43 bits per heavy atom. The summed E-state index contributed by atoms with van der Waals surface area (Å²) in [5, 5.41) is 7.47. The number of carbonyl (C=O) groups excluding carboxylic acids is 3. The molecular formula is C22H19N3O3. The number of hydrogen-bond donors (Lipinski definition) is 2. The second kappa shape index (κ2) is 7.52. The van der Waals surface area contributed by atoms with Gasteiger partial charge in [-0.3, -0.25) is 14.5 Å². The molecule has 6 heteroatoms. The van der Waals surface area contributed by atoms with E-state index < -0.39 is 18.0 Å². The number of nitrogens with zero attached hydrogens (tertiary/aromatic N) is 1. The summed E-state index contributed by atoms with van der Waals surface area (Å²) in [7, 11) is 0. The Labute approximate surface area is 162 Å². The van der Waals surface area contributed by atoms with Crippen LogP contribution in [0.15, 0.2) is 72.8 Å². The number of carbonyl (C=O) groups is 3. The molecule has 1 unspecified atom stereocenters. The first-order chi connectivity index (χ1) is 13.6. The predicted octanol–water partition coefficient (Wildman–Crippen LogP) is 2.94. The first-order valence-electron chi connectivity index (χ1n) is 9.04. The Kier molecular flexibility index (Phi) is 4.76. The number of rotatable bonds is 5. The predicted molar refractivity (Wildman–Crippen MR) is 107 cm³/mol. The first-order valence-corrected chi connectivity index (χ1v) is 9.04. The average Bonchev–Trinajstić information content (AvgIpc) is 2.96. The van der Waals surface area contributed by atoms with Crippen LogP contribution in [0.4, 0.5) is 10.5 Å². The molecule has 0 bridgehead atoms. The first kappa shape index (κ1) is 17.7. The standard InChI is InChI=1S/C22H19N3O3/c26-20(23-18-11-10-16-8-4-5-9-17(16)13-18)14-25-21(27)19(24-22(25)28)12-15-6-2-1-3-7-15/h1-11,13,19H,12,14H2,(H,23,26)(H,24,28). The van der Waals surface area contributed by atoms with Crippen LogP contribution in [-0.4, -0.2) is 35.3 Å². The number of imide groups is 1.